The van der Waals surface area contributed by atoms with Gasteiger partial charge in [0.25, 0.3) is 0 Å². The molecule has 0 bridgehead atoms. The molecule has 1 aliphatic rings. The Bertz CT molecular complexity index is 322. The van der Waals surface area contributed by atoms with Crippen molar-refractivity contribution < 1.29 is 9.59 Å². The molecule has 0 spiro atoms. The highest BCUT2D eigenvalue weighted by Gasteiger charge is 2.43. The van der Waals surface area contributed by atoms with E-state index in [-0.39, 0.29) is 18.4 Å². The molecule has 1 rings (SSSR count). The molecule has 1 aliphatic heterocycles. The molecule has 0 aromatic heterocycles. The van der Waals surface area contributed by atoms with E-state index in [0.717, 1.165) is 0 Å². The lowest BCUT2D eigenvalue weighted by Gasteiger charge is -2.41. The number of amides is 2. The molecule has 1 fully saturated rings. The van der Waals surface area contributed by atoms with Gasteiger partial charge in [-0.15, -0.1) is 0 Å². The minimum absolute atomic E-state index is 0.0160. The Labute approximate surface area is 104 Å². The molecule has 0 saturated carbocycles. The van der Waals surface area contributed by atoms with Gasteiger partial charge in [-0.25, -0.2) is 0 Å². The monoisotopic (exact) mass is 288 g/mol. The van der Waals surface area contributed by atoms with Crippen LogP contribution < -0.4 is 5.32 Å². The zero-order valence-corrected chi connectivity index (χ0v) is 11.3. The van der Waals surface area contributed by atoms with Crippen LogP contribution >= 0.6 is 15.9 Å². The highest BCUT2D eigenvalue weighted by Crippen LogP contribution is 2.23. The van der Waals surface area contributed by atoms with E-state index in [1.54, 1.807) is 4.90 Å². The van der Waals surface area contributed by atoms with Crippen molar-refractivity contribution in [3.05, 3.63) is 11.1 Å². The van der Waals surface area contributed by atoms with Gasteiger partial charge in [0.15, 0.2) is 0 Å². The van der Waals surface area contributed by atoms with Crippen LogP contribution in [0.3, 0.4) is 0 Å². The van der Waals surface area contributed by atoms with Gasteiger partial charge in [-0.05, 0) is 12.8 Å². The predicted molar refractivity (Wildman–Crippen MR) is 66.1 cm³/mol. The highest BCUT2D eigenvalue weighted by molar-refractivity contribution is 9.11. The Morgan fingerprint density at radius 3 is 2.50 bits per heavy atom. The van der Waals surface area contributed by atoms with E-state index in [9.17, 15) is 9.59 Å². The SMILES string of the molecule is C=C(Br)CN1CC(=O)NC(CC)(CC)C1=O. The van der Waals surface area contributed by atoms with Crippen LogP contribution in [0.25, 0.3) is 0 Å². The van der Waals surface area contributed by atoms with Crippen LogP contribution in [0.4, 0.5) is 0 Å². The first kappa shape index (κ1) is 13.2. The van der Waals surface area contributed by atoms with Gasteiger partial charge in [-0.2, -0.15) is 0 Å². The third kappa shape index (κ3) is 2.45. The van der Waals surface area contributed by atoms with E-state index in [4.69, 9.17) is 0 Å². The van der Waals surface area contributed by atoms with Crippen LogP contribution in [0.15, 0.2) is 11.1 Å². The van der Waals surface area contributed by atoms with E-state index >= 15 is 0 Å². The molecule has 0 aromatic rings. The van der Waals surface area contributed by atoms with Gasteiger partial charge in [-0.1, -0.05) is 36.4 Å². The lowest BCUT2D eigenvalue weighted by molar-refractivity contribution is -0.149. The second kappa shape index (κ2) is 4.99. The van der Waals surface area contributed by atoms with Crippen molar-refractivity contribution in [1.82, 2.24) is 10.2 Å². The fraction of sp³-hybridized carbons (Fsp3) is 0.636. The molecule has 4 nitrogen and oxygen atoms in total. The summed E-state index contributed by atoms with van der Waals surface area (Å²) in [6.07, 6.45) is 1.22. The molecule has 0 aromatic carbocycles. The smallest absolute Gasteiger partial charge is 0.249 e. The van der Waals surface area contributed by atoms with Gasteiger partial charge in [0.2, 0.25) is 11.8 Å². The number of rotatable bonds is 4. The van der Waals surface area contributed by atoms with Crippen molar-refractivity contribution >= 4 is 27.7 Å². The van der Waals surface area contributed by atoms with Crippen LogP contribution in [0.1, 0.15) is 26.7 Å². The predicted octanol–water partition coefficient (Wildman–Crippen LogP) is 1.41. The average molecular weight is 289 g/mol. The first-order valence-corrected chi connectivity index (χ1v) is 6.18. The maximum Gasteiger partial charge on any atom is 0.249 e. The zero-order chi connectivity index (χ0) is 12.3. The minimum Gasteiger partial charge on any atom is -0.340 e. The van der Waals surface area contributed by atoms with E-state index < -0.39 is 5.54 Å². The van der Waals surface area contributed by atoms with Crippen LogP contribution in [-0.4, -0.2) is 35.3 Å². The van der Waals surface area contributed by atoms with Crippen molar-refractivity contribution in [1.29, 1.82) is 0 Å². The van der Waals surface area contributed by atoms with Crippen molar-refractivity contribution in [3.63, 3.8) is 0 Å². The lowest BCUT2D eigenvalue weighted by atomic mass is 9.89. The van der Waals surface area contributed by atoms with Crippen molar-refractivity contribution in [2.24, 2.45) is 0 Å². The molecule has 0 aliphatic carbocycles. The van der Waals surface area contributed by atoms with E-state index in [0.29, 0.717) is 23.9 Å². The molecular weight excluding hydrogens is 272 g/mol. The Morgan fingerprint density at radius 1 is 1.50 bits per heavy atom. The van der Waals surface area contributed by atoms with Crippen molar-refractivity contribution in [3.8, 4) is 0 Å². The summed E-state index contributed by atoms with van der Waals surface area (Å²) < 4.78 is 0.705. The second-order valence-corrected chi connectivity index (χ2v) is 5.14. The van der Waals surface area contributed by atoms with Crippen molar-refractivity contribution in [2.45, 2.75) is 32.2 Å². The average Bonchev–Trinajstić information content (AvgIpc) is 2.22. The normalized spacial score (nSPS) is 19.6. The molecule has 90 valence electrons. The molecule has 1 heterocycles. The first-order chi connectivity index (χ1) is 7.45. The van der Waals surface area contributed by atoms with E-state index in [2.05, 4.69) is 27.8 Å². The minimum atomic E-state index is -0.724. The van der Waals surface area contributed by atoms with Crippen molar-refractivity contribution in [2.75, 3.05) is 13.1 Å². The summed E-state index contributed by atoms with van der Waals surface area (Å²) in [5, 5.41) is 2.81. The number of piperazine rings is 1. The van der Waals surface area contributed by atoms with Crippen LogP contribution in [0, 0.1) is 0 Å². The summed E-state index contributed by atoms with van der Waals surface area (Å²) in [6.45, 7) is 8.02. The summed E-state index contributed by atoms with van der Waals surface area (Å²) in [5.74, 6) is -0.116. The standard InChI is InChI=1S/C11H17BrN2O2/c1-4-11(5-2)10(16)14(6-8(3)12)7-9(15)13-11/h3-7H2,1-2H3,(H,13,15). The number of hydrogen-bond donors (Lipinski definition) is 1. The van der Waals surface area contributed by atoms with E-state index in [1.165, 1.54) is 0 Å². The van der Waals surface area contributed by atoms with Gasteiger partial charge in [0, 0.05) is 4.48 Å². The third-order valence-corrected chi connectivity index (χ3v) is 3.23. The zero-order valence-electron chi connectivity index (χ0n) is 9.68. The van der Waals surface area contributed by atoms with Gasteiger partial charge in [0.05, 0.1) is 13.1 Å². The largest absolute Gasteiger partial charge is 0.340 e. The summed E-state index contributed by atoms with van der Waals surface area (Å²) >= 11 is 3.22. The fourth-order valence-electron chi connectivity index (χ4n) is 1.97. The fourth-order valence-corrected chi connectivity index (χ4v) is 2.27. The van der Waals surface area contributed by atoms with E-state index in [1.807, 2.05) is 13.8 Å². The van der Waals surface area contributed by atoms with Crippen LogP contribution in [0.5, 0.6) is 0 Å². The summed E-state index contributed by atoms with van der Waals surface area (Å²) in [4.78, 5) is 25.4. The number of carbonyl (C=O) groups excluding carboxylic acids is 2. The molecule has 0 radical (unpaired) electrons. The molecule has 16 heavy (non-hydrogen) atoms. The van der Waals surface area contributed by atoms with Gasteiger partial charge in [0.1, 0.15) is 5.54 Å². The number of hydrogen-bond acceptors (Lipinski definition) is 2. The molecular formula is C11H17BrN2O2. The van der Waals surface area contributed by atoms with Crippen LogP contribution in [-0.2, 0) is 9.59 Å². The maximum atomic E-state index is 12.2. The molecule has 0 atom stereocenters. The highest BCUT2D eigenvalue weighted by atomic mass is 79.9. The van der Waals surface area contributed by atoms with Gasteiger partial charge >= 0.3 is 0 Å². The molecule has 2 amide bonds. The Hall–Kier alpha value is -0.840. The second-order valence-electron chi connectivity index (χ2n) is 4.02. The number of carbonyl (C=O) groups is 2. The lowest BCUT2D eigenvalue weighted by Crippen LogP contribution is -2.66. The number of nitrogens with zero attached hydrogens (tertiary/aromatic N) is 1. The first-order valence-electron chi connectivity index (χ1n) is 5.39. The molecule has 0 unspecified atom stereocenters. The quantitative estimate of drug-likeness (QED) is 0.850. The maximum absolute atomic E-state index is 12.2. The van der Waals surface area contributed by atoms with Gasteiger partial charge < -0.3 is 10.2 Å². The number of nitrogens with one attached hydrogen (secondary N) is 1. The summed E-state index contributed by atoms with van der Waals surface area (Å²) in [7, 11) is 0. The Kier molecular flexibility index (Phi) is 4.13. The topological polar surface area (TPSA) is 49.4 Å². The van der Waals surface area contributed by atoms with Crippen LogP contribution in [0.2, 0.25) is 0 Å². The summed E-state index contributed by atoms with van der Waals surface area (Å²) in [6, 6.07) is 0. The third-order valence-electron chi connectivity index (χ3n) is 2.98. The molecule has 5 heteroatoms. The Balaban J connectivity index is 2.93. The number of halogens is 1. The van der Waals surface area contributed by atoms with Gasteiger partial charge in [-0.3, -0.25) is 9.59 Å². The summed E-state index contributed by atoms with van der Waals surface area (Å²) in [5.41, 5.74) is -0.724. The molecule has 1 saturated heterocycles. The Morgan fingerprint density at radius 2 is 2.06 bits per heavy atom. The molecule has 1 N–H and O–H groups in total.